The van der Waals surface area contributed by atoms with Crippen molar-refractivity contribution in [1.29, 1.82) is 0 Å². The molecule has 0 saturated carbocycles. The number of carbonyl (C=O) groups is 1. The molecule has 0 aliphatic carbocycles. The van der Waals surface area contributed by atoms with Gasteiger partial charge in [-0.2, -0.15) is 0 Å². The smallest absolute Gasteiger partial charge is 0.272 e. The Morgan fingerprint density at radius 3 is 2.76 bits per heavy atom. The van der Waals surface area contributed by atoms with Crippen LogP contribution in [-0.2, 0) is 0 Å². The Labute approximate surface area is 142 Å². The number of H-pyrrole nitrogens is 1. The Kier molecular flexibility index (Phi) is 6.04. The fourth-order valence-corrected chi connectivity index (χ4v) is 2.11. The summed E-state index contributed by atoms with van der Waals surface area (Å²) in [6.45, 7) is 0.833. The largest absolute Gasteiger partial charge is 0.473 e. The number of pyridine rings is 2. The molecular formula is C16H18F2N4O3. The van der Waals surface area contributed by atoms with E-state index in [1.807, 2.05) is 0 Å². The lowest BCUT2D eigenvalue weighted by Crippen LogP contribution is -2.30. The Balaban J connectivity index is 2.08. The predicted octanol–water partition coefficient (Wildman–Crippen LogP) is 1.95. The van der Waals surface area contributed by atoms with E-state index in [2.05, 4.69) is 20.6 Å². The van der Waals surface area contributed by atoms with Gasteiger partial charge >= 0.3 is 0 Å². The first-order chi connectivity index (χ1) is 11.9. The van der Waals surface area contributed by atoms with Crippen molar-refractivity contribution in [2.45, 2.75) is 19.4 Å². The van der Waals surface area contributed by atoms with Crippen molar-refractivity contribution in [2.24, 2.45) is 0 Å². The number of nitrogens with one attached hydrogen (secondary N) is 3. The van der Waals surface area contributed by atoms with Crippen LogP contribution in [0.3, 0.4) is 0 Å². The first kappa shape index (κ1) is 18.4. The van der Waals surface area contributed by atoms with Crippen LogP contribution in [0.15, 0.2) is 35.3 Å². The van der Waals surface area contributed by atoms with Crippen LogP contribution in [0.25, 0.3) is 0 Å². The summed E-state index contributed by atoms with van der Waals surface area (Å²) in [5, 5.41) is 5.53. The first-order valence-corrected chi connectivity index (χ1v) is 7.49. The van der Waals surface area contributed by atoms with E-state index in [9.17, 15) is 18.4 Å². The summed E-state index contributed by atoms with van der Waals surface area (Å²) < 4.78 is 29.0. The van der Waals surface area contributed by atoms with Gasteiger partial charge in [-0.25, -0.2) is 13.8 Å². The SMILES string of the molecule is CNc1cc(C(=O)NC(C)c2ccc(OCC(F)F)[nH]c2=O)ccn1. The second-order valence-electron chi connectivity index (χ2n) is 5.18. The van der Waals surface area contributed by atoms with E-state index in [1.165, 1.54) is 18.3 Å². The summed E-state index contributed by atoms with van der Waals surface area (Å²) in [6.07, 6.45) is -1.14. The maximum atomic E-state index is 12.3. The van der Waals surface area contributed by atoms with Crippen LogP contribution >= 0.6 is 0 Å². The topological polar surface area (TPSA) is 96.1 Å². The minimum Gasteiger partial charge on any atom is -0.473 e. The molecule has 1 unspecified atom stereocenters. The molecule has 9 heteroatoms. The van der Waals surface area contributed by atoms with Gasteiger partial charge in [0.25, 0.3) is 17.9 Å². The van der Waals surface area contributed by atoms with Crippen LogP contribution in [0.2, 0.25) is 0 Å². The van der Waals surface area contributed by atoms with Crippen molar-refractivity contribution in [3.05, 3.63) is 51.9 Å². The van der Waals surface area contributed by atoms with E-state index < -0.39 is 24.6 Å². The minimum absolute atomic E-state index is 0.0552. The second kappa shape index (κ2) is 8.22. The number of aromatic amines is 1. The molecule has 25 heavy (non-hydrogen) atoms. The zero-order valence-electron chi connectivity index (χ0n) is 13.7. The minimum atomic E-state index is -2.63. The van der Waals surface area contributed by atoms with Gasteiger partial charge in [0, 0.05) is 24.4 Å². The van der Waals surface area contributed by atoms with Gasteiger partial charge in [-0.3, -0.25) is 14.6 Å². The standard InChI is InChI=1S/C16H18F2N4O3/c1-9(21-15(23)10-5-6-20-13(7-10)19-2)11-3-4-14(22-16(11)24)25-8-12(17)18/h3-7,9,12H,8H2,1-2H3,(H,19,20)(H,21,23)(H,22,24). The predicted molar refractivity (Wildman–Crippen MR) is 88.2 cm³/mol. The normalized spacial score (nSPS) is 11.9. The molecule has 0 aliphatic rings. The van der Waals surface area contributed by atoms with Gasteiger partial charge in [0.1, 0.15) is 5.82 Å². The third-order valence-corrected chi connectivity index (χ3v) is 3.37. The number of alkyl halides is 2. The summed E-state index contributed by atoms with van der Waals surface area (Å²) >= 11 is 0. The fraction of sp³-hybridized carbons (Fsp3) is 0.312. The van der Waals surface area contributed by atoms with E-state index in [0.29, 0.717) is 11.4 Å². The average Bonchev–Trinajstić information content (AvgIpc) is 2.59. The highest BCUT2D eigenvalue weighted by atomic mass is 19.3. The van der Waals surface area contributed by atoms with E-state index in [0.717, 1.165) is 0 Å². The number of rotatable bonds is 7. The molecule has 2 rings (SSSR count). The summed E-state index contributed by atoms with van der Waals surface area (Å²) in [4.78, 5) is 30.7. The summed E-state index contributed by atoms with van der Waals surface area (Å²) in [6, 6.07) is 5.33. The molecule has 2 heterocycles. The number of hydrogen-bond acceptors (Lipinski definition) is 5. The molecule has 134 valence electrons. The molecule has 3 N–H and O–H groups in total. The molecule has 7 nitrogen and oxygen atoms in total. The second-order valence-corrected chi connectivity index (χ2v) is 5.18. The molecule has 2 aromatic heterocycles. The van der Waals surface area contributed by atoms with E-state index in [4.69, 9.17) is 4.74 Å². The molecule has 0 fully saturated rings. The van der Waals surface area contributed by atoms with Gasteiger partial charge in [0.15, 0.2) is 12.5 Å². The lowest BCUT2D eigenvalue weighted by molar-refractivity contribution is 0.0794. The Morgan fingerprint density at radius 2 is 2.12 bits per heavy atom. The van der Waals surface area contributed by atoms with Gasteiger partial charge in [-0.05, 0) is 31.2 Å². The molecule has 0 bridgehead atoms. The van der Waals surface area contributed by atoms with Gasteiger partial charge in [0.2, 0.25) is 0 Å². The highest BCUT2D eigenvalue weighted by Gasteiger charge is 2.15. The van der Waals surface area contributed by atoms with Crippen LogP contribution < -0.4 is 20.9 Å². The molecule has 0 saturated heterocycles. The summed E-state index contributed by atoms with van der Waals surface area (Å²) in [5.74, 6) is 0.114. The molecule has 1 atom stereocenters. The molecule has 0 radical (unpaired) electrons. The number of anilines is 1. The zero-order chi connectivity index (χ0) is 18.4. The van der Waals surface area contributed by atoms with Crippen molar-refractivity contribution < 1.29 is 18.3 Å². The van der Waals surface area contributed by atoms with Crippen molar-refractivity contribution in [2.75, 3.05) is 19.0 Å². The Bertz CT molecular complexity index is 795. The maximum absolute atomic E-state index is 12.3. The van der Waals surface area contributed by atoms with Gasteiger partial charge < -0.3 is 15.4 Å². The number of nitrogens with zero attached hydrogens (tertiary/aromatic N) is 1. The quantitative estimate of drug-likeness (QED) is 0.708. The lowest BCUT2D eigenvalue weighted by Gasteiger charge is -2.14. The van der Waals surface area contributed by atoms with Gasteiger partial charge in [0.05, 0.1) is 6.04 Å². The maximum Gasteiger partial charge on any atom is 0.272 e. The van der Waals surface area contributed by atoms with Gasteiger partial charge in [-0.15, -0.1) is 0 Å². The van der Waals surface area contributed by atoms with Crippen molar-refractivity contribution >= 4 is 11.7 Å². The van der Waals surface area contributed by atoms with E-state index >= 15 is 0 Å². The number of amides is 1. The van der Waals surface area contributed by atoms with E-state index in [-0.39, 0.29) is 17.4 Å². The van der Waals surface area contributed by atoms with Crippen LogP contribution in [0.4, 0.5) is 14.6 Å². The molecule has 2 aromatic rings. The van der Waals surface area contributed by atoms with Crippen LogP contribution in [0.1, 0.15) is 28.9 Å². The highest BCUT2D eigenvalue weighted by molar-refractivity contribution is 5.95. The van der Waals surface area contributed by atoms with Crippen molar-refractivity contribution in [3.63, 3.8) is 0 Å². The molecule has 0 aliphatic heterocycles. The van der Waals surface area contributed by atoms with Crippen molar-refractivity contribution in [1.82, 2.24) is 15.3 Å². The third kappa shape index (κ3) is 5.00. The summed E-state index contributed by atoms with van der Waals surface area (Å²) in [5.41, 5.74) is 0.144. The van der Waals surface area contributed by atoms with Gasteiger partial charge in [-0.1, -0.05) is 0 Å². The zero-order valence-corrected chi connectivity index (χ0v) is 13.7. The molecule has 1 amide bonds. The number of aromatic nitrogens is 2. The van der Waals surface area contributed by atoms with Crippen molar-refractivity contribution in [3.8, 4) is 5.88 Å². The fourth-order valence-electron chi connectivity index (χ4n) is 2.11. The Hall–Kier alpha value is -2.97. The Morgan fingerprint density at radius 1 is 1.36 bits per heavy atom. The molecular weight excluding hydrogens is 334 g/mol. The summed E-state index contributed by atoms with van der Waals surface area (Å²) in [7, 11) is 1.68. The average molecular weight is 352 g/mol. The monoisotopic (exact) mass is 352 g/mol. The van der Waals surface area contributed by atoms with Crippen LogP contribution in [-0.4, -0.2) is 36.0 Å². The van der Waals surface area contributed by atoms with E-state index in [1.54, 1.807) is 26.1 Å². The van der Waals surface area contributed by atoms with Crippen LogP contribution in [0, 0.1) is 0 Å². The molecule has 0 spiro atoms. The highest BCUT2D eigenvalue weighted by Crippen LogP contribution is 2.13. The number of ether oxygens (including phenoxy) is 1. The lowest BCUT2D eigenvalue weighted by atomic mass is 10.1. The number of hydrogen-bond donors (Lipinski definition) is 3. The van der Waals surface area contributed by atoms with Crippen LogP contribution in [0.5, 0.6) is 5.88 Å². The number of halogens is 2. The first-order valence-electron chi connectivity index (χ1n) is 7.49. The third-order valence-electron chi connectivity index (χ3n) is 3.37. The molecule has 0 aromatic carbocycles. The number of carbonyl (C=O) groups excluding carboxylic acids is 1.